The first-order chi connectivity index (χ1) is 5.70. The SMILES string of the molecule is CC(=O)[O][Hg][CH]1CCCCC1O. The summed E-state index contributed by atoms with van der Waals surface area (Å²) in [6.45, 7) is 1.45. The van der Waals surface area contributed by atoms with E-state index in [-0.39, 0.29) is 12.1 Å². The van der Waals surface area contributed by atoms with Crippen molar-refractivity contribution in [1.82, 2.24) is 0 Å². The number of aliphatic hydroxyl groups is 1. The van der Waals surface area contributed by atoms with Gasteiger partial charge in [-0.05, 0) is 0 Å². The number of hydrogen-bond donors (Lipinski definition) is 1. The molecule has 12 heavy (non-hydrogen) atoms. The summed E-state index contributed by atoms with van der Waals surface area (Å²) in [5.74, 6) is -0.158. The fourth-order valence-corrected chi connectivity index (χ4v) is 6.90. The van der Waals surface area contributed by atoms with E-state index in [0.29, 0.717) is 3.43 Å². The Morgan fingerprint density at radius 3 is 2.75 bits per heavy atom. The number of aliphatic hydroxyl groups excluding tert-OH is 1. The Kier molecular flexibility index (Phi) is 4.50. The average Bonchev–Trinajstić information content (AvgIpc) is 2.03. The molecular formula is C8H14HgO3. The van der Waals surface area contributed by atoms with E-state index < -0.39 is 25.0 Å². The molecule has 0 spiro atoms. The van der Waals surface area contributed by atoms with Crippen molar-refractivity contribution >= 4 is 5.97 Å². The third-order valence-electron chi connectivity index (χ3n) is 2.37. The minimum atomic E-state index is -1.56. The zero-order valence-electron chi connectivity index (χ0n) is 7.45. The second-order valence-electron chi connectivity index (χ2n) is 3.41. The van der Waals surface area contributed by atoms with E-state index in [1.165, 1.54) is 13.3 Å². The Bertz CT molecular complexity index is 160. The van der Waals surface area contributed by atoms with Gasteiger partial charge in [0, 0.05) is 0 Å². The molecule has 0 aromatic heterocycles. The Labute approximate surface area is 85.6 Å². The van der Waals surface area contributed by atoms with E-state index in [4.69, 9.17) is 2.64 Å². The Balaban J connectivity index is 2.24. The van der Waals surface area contributed by atoms with Crippen LogP contribution in [0, 0.1) is 0 Å². The van der Waals surface area contributed by atoms with Gasteiger partial charge in [0.2, 0.25) is 0 Å². The number of rotatable bonds is 2. The third kappa shape index (κ3) is 3.39. The average molecular weight is 359 g/mol. The first-order valence-electron chi connectivity index (χ1n) is 4.51. The van der Waals surface area contributed by atoms with E-state index in [2.05, 4.69) is 0 Å². The predicted molar refractivity (Wildman–Crippen MR) is 40.0 cm³/mol. The van der Waals surface area contributed by atoms with E-state index >= 15 is 0 Å². The molecule has 1 N–H and O–H groups in total. The summed E-state index contributed by atoms with van der Waals surface area (Å²) in [5.41, 5.74) is 0. The molecule has 1 saturated carbocycles. The monoisotopic (exact) mass is 360 g/mol. The van der Waals surface area contributed by atoms with Crippen LogP contribution in [-0.2, 0) is 32.5 Å². The molecule has 0 amide bonds. The fourth-order valence-electron chi connectivity index (χ4n) is 1.61. The zero-order valence-corrected chi connectivity index (χ0v) is 13.0. The van der Waals surface area contributed by atoms with Crippen LogP contribution in [0.25, 0.3) is 0 Å². The van der Waals surface area contributed by atoms with Gasteiger partial charge in [0.1, 0.15) is 0 Å². The second kappa shape index (κ2) is 5.17. The first kappa shape index (κ1) is 10.4. The van der Waals surface area contributed by atoms with Crippen molar-refractivity contribution in [3.8, 4) is 0 Å². The van der Waals surface area contributed by atoms with Crippen LogP contribution in [0.4, 0.5) is 0 Å². The summed E-state index contributed by atoms with van der Waals surface area (Å²) in [4.78, 5) is 10.5. The van der Waals surface area contributed by atoms with Crippen LogP contribution in [-0.4, -0.2) is 17.2 Å². The van der Waals surface area contributed by atoms with Gasteiger partial charge in [0.15, 0.2) is 0 Å². The van der Waals surface area contributed by atoms with Gasteiger partial charge < -0.3 is 0 Å². The number of hydrogen-bond acceptors (Lipinski definition) is 3. The van der Waals surface area contributed by atoms with Gasteiger partial charge in [-0.15, -0.1) is 0 Å². The molecule has 1 fully saturated rings. The van der Waals surface area contributed by atoms with Crippen molar-refractivity contribution < 1.29 is 37.6 Å². The molecule has 2 atom stereocenters. The van der Waals surface area contributed by atoms with Crippen molar-refractivity contribution in [2.45, 2.75) is 42.1 Å². The van der Waals surface area contributed by atoms with E-state index in [1.807, 2.05) is 0 Å². The molecule has 0 heterocycles. The topological polar surface area (TPSA) is 46.5 Å². The van der Waals surface area contributed by atoms with Gasteiger partial charge in [-0.3, -0.25) is 0 Å². The van der Waals surface area contributed by atoms with Crippen molar-refractivity contribution in [1.29, 1.82) is 0 Å². The maximum atomic E-state index is 10.5. The number of carbonyl (C=O) groups excluding carboxylic acids is 1. The molecular weight excluding hydrogens is 345 g/mol. The van der Waals surface area contributed by atoms with Gasteiger partial charge in [-0.1, -0.05) is 0 Å². The van der Waals surface area contributed by atoms with Gasteiger partial charge in [0.25, 0.3) is 0 Å². The van der Waals surface area contributed by atoms with E-state index in [0.717, 1.165) is 19.3 Å². The summed E-state index contributed by atoms with van der Waals surface area (Å²) >= 11 is -1.56. The van der Waals surface area contributed by atoms with Crippen LogP contribution in [0.5, 0.6) is 0 Å². The van der Waals surface area contributed by atoms with Gasteiger partial charge in [-0.25, -0.2) is 0 Å². The maximum absolute atomic E-state index is 10.5. The third-order valence-corrected chi connectivity index (χ3v) is 9.96. The molecule has 1 aliphatic carbocycles. The predicted octanol–water partition coefficient (Wildman–Crippen LogP) is 1.27. The van der Waals surface area contributed by atoms with Gasteiger partial charge >= 0.3 is 85.7 Å². The van der Waals surface area contributed by atoms with E-state index in [1.54, 1.807) is 0 Å². The zero-order chi connectivity index (χ0) is 8.97. The molecule has 66 valence electrons. The molecule has 1 aliphatic rings. The Morgan fingerprint density at radius 2 is 2.17 bits per heavy atom. The summed E-state index contributed by atoms with van der Waals surface area (Å²) in [5, 5.41) is 9.55. The second-order valence-corrected chi connectivity index (χ2v) is 9.91. The van der Waals surface area contributed by atoms with Crippen molar-refractivity contribution in [2.75, 3.05) is 0 Å². The van der Waals surface area contributed by atoms with Gasteiger partial charge in [0.05, 0.1) is 0 Å². The molecule has 3 nitrogen and oxygen atoms in total. The van der Waals surface area contributed by atoms with Crippen molar-refractivity contribution in [3.05, 3.63) is 0 Å². The molecule has 1 rings (SSSR count). The minimum absolute atomic E-state index is 0.158. The Morgan fingerprint density at radius 1 is 1.50 bits per heavy atom. The summed E-state index contributed by atoms with van der Waals surface area (Å²) in [6, 6.07) is 0. The first-order valence-corrected chi connectivity index (χ1v) is 9.93. The molecule has 0 aromatic carbocycles. The molecule has 0 aliphatic heterocycles. The van der Waals surface area contributed by atoms with Crippen LogP contribution in [0.1, 0.15) is 32.6 Å². The van der Waals surface area contributed by atoms with Crippen LogP contribution in [0.15, 0.2) is 0 Å². The quantitative estimate of drug-likeness (QED) is 0.756. The summed E-state index contributed by atoms with van der Waals surface area (Å²) < 4.78 is 5.47. The molecule has 0 bridgehead atoms. The standard InChI is InChI=1S/C6H11O.C2H4O2.Hg/c7-6-4-2-1-3-5-6;1-2(3)4;/h4,6-7H,1-3,5H2;1H3,(H,3,4);/q;;+1/p-1. The van der Waals surface area contributed by atoms with E-state index in [9.17, 15) is 9.90 Å². The van der Waals surface area contributed by atoms with Crippen LogP contribution in [0.3, 0.4) is 0 Å². The molecule has 2 unspecified atom stereocenters. The fraction of sp³-hybridized carbons (Fsp3) is 0.875. The Hall–Kier alpha value is 0.365. The molecule has 4 heteroatoms. The van der Waals surface area contributed by atoms with Crippen LogP contribution >= 0.6 is 0 Å². The summed E-state index contributed by atoms with van der Waals surface area (Å²) in [7, 11) is 0. The summed E-state index contributed by atoms with van der Waals surface area (Å²) in [6.07, 6.45) is 4.15. The van der Waals surface area contributed by atoms with Crippen LogP contribution < -0.4 is 0 Å². The normalized spacial score (nSPS) is 29.2. The van der Waals surface area contributed by atoms with Crippen molar-refractivity contribution in [2.24, 2.45) is 0 Å². The van der Waals surface area contributed by atoms with Crippen molar-refractivity contribution in [3.63, 3.8) is 0 Å². The molecule has 0 radical (unpaired) electrons. The number of carbonyl (C=O) groups is 1. The van der Waals surface area contributed by atoms with Crippen LogP contribution in [0.2, 0.25) is 3.43 Å². The molecule has 0 saturated heterocycles. The molecule has 0 aromatic rings. The van der Waals surface area contributed by atoms with Gasteiger partial charge in [-0.2, -0.15) is 0 Å².